The summed E-state index contributed by atoms with van der Waals surface area (Å²) in [4.78, 5) is 46.1. The minimum absolute atomic E-state index is 0.0153. The number of aliphatic carboxylic acids is 1. The van der Waals surface area contributed by atoms with Crippen molar-refractivity contribution in [3.63, 3.8) is 0 Å². The Kier molecular flexibility index (Phi) is 47.2. The number of unbranched alkanes of at least 4 members (excludes halogenated alkanes) is 19. The molecule has 0 aliphatic heterocycles. The average Bonchev–Trinajstić information content (AvgIpc) is 3.32. The molecular weight excluding hydrogens is 878 g/mol. The second-order valence-electron chi connectivity index (χ2n) is 17.3. The Labute approximate surface area is 413 Å². The van der Waals surface area contributed by atoms with E-state index >= 15 is 0 Å². The first kappa shape index (κ1) is 64.4. The summed E-state index contributed by atoms with van der Waals surface area (Å²) in [6.07, 6.45) is 64.6. The Hall–Kier alpha value is -3.60. The number of carbonyl (C=O) groups excluding carboxylic acids is 2. The smallest absolute Gasteiger partial charge is 0.472 e. The van der Waals surface area contributed by atoms with E-state index in [1.807, 2.05) is 18.2 Å². The maximum atomic E-state index is 12.4. The minimum atomic E-state index is -4.79. The molecule has 0 heterocycles. The van der Waals surface area contributed by atoms with Gasteiger partial charge in [-0.25, -0.2) is 9.36 Å². The van der Waals surface area contributed by atoms with Crippen LogP contribution in [0.15, 0.2) is 97.2 Å². The van der Waals surface area contributed by atoms with Gasteiger partial charge in [-0.2, -0.15) is 0 Å². The fraction of sp³-hybridized carbons (Fsp3) is 0.661. The van der Waals surface area contributed by atoms with E-state index in [4.69, 9.17) is 13.8 Å². The van der Waals surface area contributed by atoms with Crippen LogP contribution in [0, 0.1) is 0 Å². The zero-order valence-corrected chi connectivity index (χ0v) is 43.3. The molecule has 0 bridgehead atoms. The number of rotatable bonds is 48. The van der Waals surface area contributed by atoms with E-state index in [1.54, 1.807) is 6.08 Å². The van der Waals surface area contributed by atoms with Gasteiger partial charge in [0, 0.05) is 6.42 Å². The number of carboxylic acids is 1. The maximum Gasteiger partial charge on any atom is 0.472 e. The first-order valence-corrected chi connectivity index (χ1v) is 27.8. The molecule has 11 nitrogen and oxygen atoms in total. The van der Waals surface area contributed by atoms with E-state index in [9.17, 15) is 34.1 Å². The molecule has 0 aromatic carbocycles. The van der Waals surface area contributed by atoms with Gasteiger partial charge in [-0.15, -0.1) is 0 Å². The normalized spacial score (nSPS) is 14.3. The molecular formula is C56H94NO10P. The molecule has 0 aliphatic carbocycles. The van der Waals surface area contributed by atoms with Crippen LogP contribution >= 0.6 is 7.82 Å². The van der Waals surface area contributed by atoms with Gasteiger partial charge in [0.2, 0.25) is 5.91 Å². The van der Waals surface area contributed by atoms with Crippen LogP contribution in [0.4, 0.5) is 0 Å². The molecule has 4 N–H and O–H groups in total. The molecule has 1 amide bonds. The van der Waals surface area contributed by atoms with Crippen molar-refractivity contribution in [2.75, 3.05) is 19.8 Å². The van der Waals surface area contributed by atoms with Crippen molar-refractivity contribution >= 4 is 25.7 Å². The molecule has 0 saturated carbocycles. The topological polar surface area (TPSA) is 169 Å². The second kappa shape index (κ2) is 49.8. The molecule has 68 heavy (non-hydrogen) atoms. The van der Waals surface area contributed by atoms with Gasteiger partial charge in [0.1, 0.15) is 12.7 Å². The number of phosphoric ester groups is 1. The van der Waals surface area contributed by atoms with Gasteiger partial charge in [0.05, 0.1) is 19.6 Å². The third kappa shape index (κ3) is 48.8. The molecule has 3 unspecified atom stereocenters. The van der Waals surface area contributed by atoms with Gasteiger partial charge in [-0.1, -0.05) is 214 Å². The minimum Gasteiger partial charge on any atom is -0.480 e. The van der Waals surface area contributed by atoms with Crippen molar-refractivity contribution < 1.29 is 47.8 Å². The number of carboxylic acid groups (broad SMARTS) is 1. The third-order valence-electron chi connectivity index (χ3n) is 10.9. The third-order valence-corrected chi connectivity index (χ3v) is 11.8. The number of amides is 1. The molecule has 12 heteroatoms. The Morgan fingerprint density at radius 3 is 1.31 bits per heavy atom. The Bertz CT molecular complexity index is 1510. The van der Waals surface area contributed by atoms with E-state index in [-0.39, 0.29) is 12.8 Å². The maximum absolute atomic E-state index is 12.4. The van der Waals surface area contributed by atoms with Crippen molar-refractivity contribution in [2.24, 2.45) is 0 Å². The number of esters is 1. The van der Waals surface area contributed by atoms with Gasteiger partial charge in [0.15, 0.2) is 6.04 Å². The molecule has 0 aromatic heterocycles. The largest absolute Gasteiger partial charge is 0.480 e. The highest BCUT2D eigenvalue weighted by Gasteiger charge is 2.28. The molecule has 0 aliphatic rings. The van der Waals surface area contributed by atoms with Crippen LogP contribution in [0.25, 0.3) is 0 Å². The lowest BCUT2D eigenvalue weighted by atomic mass is 10.0. The highest BCUT2D eigenvalue weighted by molar-refractivity contribution is 7.47. The van der Waals surface area contributed by atoms with Crippen molar-refractivity contribution in [2.45, 2.75) is 219 Å². The predicted octanol–water partition coefficient (Wildman–Crippen LogP) is 14.8. The van der Waals surface area contributed by atoms with Crippen LogP contribution in [0.5, 0.6) is 0 Å². The lowest BCUT2D eigenvalue weighted by Gasteiger charge is -2.18. The standard InChI is InChI=1S/C56H94NO10P/c1-3-5-7-9-11-13-15-17-19-21-23-25-26-28-29-31-33-35-37-39-41-43-45-47-54(59)57-53(56(61)62)51-67-68(63,64)66-50-52(58)49-65-55(60)48-46-44-42-40-38-36-34-32-30-27-24-22-20-18-16-14-12-10-8-6-4-2/h6,8,12,14,17-20,24,27,32,34,38,40,44,46,52-53,58H,3-5,7,9-11,13,15-16,21-23,25-26,28-31,33,35-37,39,41-43,45,47-51H2,1-2H3,(H,57,59)(H,61,62)(H,63,64)/b8-6-,14-12-,19-17+,20-18-,27-24-,34-32-,40-38-,46-44-. The number of hydrogen-bond donors (Lipinski definition) is 4. The Balaban J connectivity index is 3.93. The number of ether oxygens (including phenoxy) is 1. The molecule has 0 spiro atoms. The van der Waals surface area contributed by atoms with Gasteiger partial charge >= 0.3 is 19.8 Å². The number of nitrogens with one attached hydrogen (secondary N) is 1. The van der Waals surface area contributed by atoms with E-state index in [0.29, 0.717) is 12.8 Å². The van der Waals surface area contributed by atoms with Crippen LogP contribution in [-0.2, 0) is 32.7 Å². The molecule has 3 atom stereocenters. The van der Waals surface area contributed by atoms with Crippen LogP contribution in [0.1, 0.15) is 206 Å². The molecule has 388 valence electrons. The predicted molar refractivity (Wildman–Crippen MR) is 281 cm³/mol. The van der Waals surface area contributed by atoms with Crippen molar-refractivity contribution in [3.05, 3.63) is 97.2 Å². The van der Waals surface area contributed by atoms with E-state index < -0.39 is 57.6 Å². The van der Waals surface area contributed by atoms with Crippen molar-refractivity contribution in [1.29, 1.82) is 0 Å². The van der Waals surface area contributed by atoms with Crippen LogP contribution < -0.4 is 5.32 Å². The number of aliphatic hydroxyl groups excluding tert-OH is 1. The zero-order chi connectivity index (χ0) is 49.9. The first-order valence-electron chi connectivity index (χ1n) is 26.3. The Morgan fingerprint density at radius 1 is 0.500 bits per heavy atom. The summed E-state index contributed by atoms with van der Waals surface area (Å²) >= 11 is 0. The van der Waals surface area contributed by atoms with Gasteiger partial charge in [0.25, 0.3) is 0 Å². The molecule has 0 rings (SSSR count). The van der Waals surface area contributed by atoms with Crippen molar-refractivity contribution in [3.8, 4) is 0 Å². The van der Waals surface area contributed by atoms with E-state index in [0.717, 1.165) is 57.8 Å². The molecule has 0 radical (unpaired) electrons. The molecule has 0 fully saturated rings. The zero-order valence-electron chi connectivity index (χ0n) is 42.4. The highest BCUT2D eigenvalue weighted by Crippen LogP contribution is 2.43. The summed E-state index contributed by atoms with van der Waals surface area (Å²) in [5, 5.41) is 21.9. The monoisotopic (exact) mass is 972 g/mol. The fourth-order valence-corrected chi connectivity index (χ4v) is 7.64. The summed E-state index contributed by atoms with van der Waals surface area (Å²) in [5.74, 6) is -2.52. The molecule has 0 saturated heterocycles. The number of aliphatic hydroxyl groups is 1. The summed E-state index contributed by atoms with van der Waals surface area (Å²) in [7, 11) is -4.79. The van der Waals surface area contributed by atoms with Gasteiger partial charge < -0.3 is 25.2 Å². The van der Waals surface area contributed by atoms with Crippen LogP contribution in [0.2, 0.25) is 0 Å². The summed E-state index contributed by atoms with van der Waals surface area (Å²) in [5.41, 5.74) is 0. The summed E-state index contributed by atoms with van der Waals surface area (Å²) in [6.45, 7) is 2.39. The number of allylic oxidation sites excluding steroid dienone is 15. The average molecular weight is 972 g/mol. The molecule has 0 aromatic rings. The van der Waals surface area contributed by atoms with E-state index in [1.165, 1.54) is 109 Å². The van der Waals surface area contributed by atoms with Gasteiger partial charge in [-0.3, -0.25) is 18.6 Å². The lowest BCUT2D eigenvalue weighted by Crippen LogP contribution is -2.43. The summed E-state index contributed by atoms with van der Waals surface area (Å²) in [6, 6.07) is -1.56. The quantitative estimate of drug-likeness (QED) is 0.0199. The second-order valence-corrected chi connectivity index (χ2v) is 18.8. The number of carbonyl (C=O) groups is 3. The number of hydrogen-bond acceptors (Lipinski definition) is 8. The van der Waals surface area contributed by atoms with Gasteiger partial charge in [-0.05, 0) is 77.0 Å². The van der Waals surface area contributed by atoms with Crippen LogP contribution in [-0.4, -0.2) is 64.9 Å². The Morgan fingerprint density at radius 2 is 0.882 bits per heavy atom. The van der Waals surface area contributed by atoms with Crippen LogP contribution in [0.3, 0.4) is 0 Å². The number of phosphoric acid groups is 1. The lowest BCUT2D eigenvalue weighted by molar-refractivity contribution is -0.146. The first-order chi connectivity index (χ1) is 33.1. The van der Waals surface area contributed by atoms with Crippen molar-refractivity contribution in [1.82, 2.24) is 5.32 Å². The SMILES string of the molecule is CC/C=C\C/C=C\C/C=C\C/C=C\C/C=C\C/C=C\C/C=C\CC(=O)OCC(O)COP(=O)(O)OCC(NC(=O)CCCCCCCCCCCCCCC/C=C/CCCCCCCC)C(=O)O. The summed E-state index contributed by atoms with van der Waals surface area (Å²) < 4.78 is 26.9. The fourth-order valence-electron chi connectivity index (χ4n) is 6.87. The highest BCUT2D eigenvalue weighted by atomic mass is 31.2. The van der Waals surface area contributed by atoms with E-state index in [2.05, 4.69) is 92.1 Å².